The molecule has 0 unspecified atom stereocenters. The van der Waals surface area contributed by atoms with Crippen LogP contribution in [0.15, 0.2) is 18.2 Å². The topological polar surface area (TPSA) is 27.1 Å². The van der Waals surface area contributed by atoms with Gasteiger partial charge in [-0.15, -0.1) is 0 Å². The fourth-order valence-corrected chi connectivity index (χ4v) is 2.35. The van der Waals surface area contributed by atoms with Crippen LogP contribution in [0.3, 0.4) is 0 Å². The van der Waals surface area contributed by atoms with Gasteiger partial charge in [-0.3, -0.25) is 0 Å². The number of nitrogens with zero attached hydrogens (tertiary/aromatic N) is 2. The molecule has 0 saturated heterocycles. The van der Waals surface area contributed by atoms with E-state index in [1.54, 1.807) is 0 Å². The first-order chi connectivity index (χ1) is 8.65. The van der Waals surface area contributed by atoms with Gasteiger partial charge in [-0.25, -0.2) is 4.98 Å². The highest BCUT2D eigenvalue weighted by Gasteiger charge is 2.10. The smallest absolute Gasteiger partial charge is 0.121 e. The lowest BCUT2D eigenvalue weighted by Gasteiger charge is -2.09. The molecule has 0 fully saturated rings. The van der Waals surface area contributed by atoms with Crippen molar-refractivity contribution in [2.75, 3.05) is 5.75 Å². The normalized spacial score (nSPS) is 11.4. The Morgan fingerprint density at radius 3 is 2.78 bits per heavy atom. The molecule has 4 heteroatoms. The maximum absolute atomic E-state index is 5.70. The third-order valence-electron chi connectivity index (χ3n) is 2.82. The van der Waals surface area contributed by atoms with Crippen molar-refractivity contribution >= 4 is 23.7 Å². The summed E-state index contributed by atoms with van der Waals surface area (Å²) in [6.07, 6.45) is 1.08. The lowest BCUT2D eigenvalue weighted by atomic mass is 10.3. The zero-order valence-electron chi connectivity index (χ0n) is 11.2. The average molecular weight is 264 g/mol. The molecule has 1 aromatic carbocycles. The van der Waals surface area contributed by atoms with E-state index in [1.165, 1.54) is 5.52 Å². The van der Waals surface area contributed by atoms with Crippen molar-refractivity contribution in [3.05, 3.63) is 24.0 Å². The van der Waals surface area contributed by atoms with Crippen molar-refractivity contribution in [2.24, 2.45) is 0 Å². The third-order valence-corrected chi connectivity index (χ3v) is 3.05. The van der Waals surface area contributed by atoms with Gasteiger partial charge in [0.2, 0.25) is 0 Å². The van der Waals surface area contributed by atoms with Crippen LogP contribution >= 0.6 is 12.6 Å². The van der Waals surface area contributed by atoms with E-state index in [2.05, 4.69) is 35.2 Å². The van der Waals surface area contributed by atoms with Crippen LogP contribution in [-0.2, 0) is 13.0 Å². The summed E-state index contributed by atoms with van der Waals surface area (Å²) in [5.41, 5.74) is 2.18. The molecule has 0 aliphatic rings. The Hall–Kier alpha value is -1.16. The van der Waals surface area contributed by atoms with Gasteiger partial charge in [0.15, 0.2) is 0 Å². The Morgan fingerprint density at radius 2 is 2.17 bits per heavy atom. The van der Waals surface area contributed by atoms with Crippen LogP contribution in [-0.4, -0.2) is 21.4 Å². The van der Waals surface area contributed by atoms with Gasteiger partial charge in [0, 0.05) is 19.0 Å². The number of imidazole rings is 1. The van der Waals surface area contributed by atoms with Crippen LogP contribution in [0.5, 0.6) is 5.75 Å². The molecule has 1 aromatic heterocycles. The number of thiol groups is 1. The van der Waals surface area contributed by atoms with Gasteiger partial charge in [0.05, 0.1) is 17.1 Å². The Morgan fingerprint density at radius 1 is 1.39 bits per heavy atom. The van der Waals surface area contributed by atoms with Gasteiger partial charge in [0.25, 0.3) is 0 Å². The minimum atomic E-state index is 0.188. The summed E-state index contributed by atoms with van der Waals surface area (Å²) in [5, 5.41) is 0. The summed E-state index contributed by atoms with van der Waals surface area (Å²) in [6, 6.07) is 6.12. The molecule has 1 heterocycles. The molecule has 98 valence electrons. The molecule has 0 spiro atoms. The summed E-state index contributed by atoms with van der Waals surface area (Å²) in [5.74, 6) is 2.80. The third kappa shape index (κ3) is 2.64. The Kier molecular flexibility index (Phi) is 4.17. The summed E-state index contributed by atoms with van der Waals surface area (Å²) in [4.78, 5) is 4.68. The predicted molar refractivity (Wildman–Crippen MR) is 78.7 cm³/mol. The van der Waals surface area contributed by atoms with E-state index in [9.17, 15) is 0 Å². The van der Waals surface area contributed by atoms with Gasteiger partial charge < -0.3 is 9.30 Å². The predicted octanol–water partition coefficient (Wildman–Crippen LogP) is 3.32. The van der Waals surface area contributed by atoms with E-state index in [4.69, 9.17) is 4.74 Å². The second-order valence-corrected chi connectivity index (χ2v) is 5.01. The number of fused-ring (bicyclic) bond motifs is 1. The van der Waals surface area contributed by atoms with E-state index in [-0.39, 0.29) is 6.10 Å². The van der Waals surface area contributed by atoms with Crippen molar-refractivity contribution in [3.8, 4) is 5.75 Å². The summed E-state index contributed by atoms with van der Waals surface area (Å²) >= 11 is 4.29. The van der Waals surface area contributed by atoms with Gasteiger partial charge >= 0.3 is 0 Å². The van der Waals surface area contributed by atoms with E-state index < -0.39 is 0 Å². The monoisotopic (exact) mass is 264 g/mol. The first kappa shape index (κ1) is 13.3. The van der Waals surface area contributed by atoms with Crippen LogP contribution in [0.2, 0.25) is 0 Å². The summed E-state index contributed by atoms with van der Waals surface area (Å²) < 4.78 is 7.94. The number of hydrogen-bond donors (Lipinski definition) is 1. The molecule has 0 atom stereocenters. The van der Waals surface area contributed by atoms with E-state index >= 15 is 0 Å². The van der Waals surface area contributed by atoms with Crippen molar-refractivity contribution < 1.29 is 4.74 Å². The molecule has 0 radical (unpaired) electrons. The minimum Gasteiger partial charge on any atom is -0.491 e. The van der Waals surface area contributed by atoms with Gasteiger partial charge in [-0.1, -0.05) is 0 Å². The second-order valence-electron chi connectivity index (χ2n) is 4.56. The Bertz CT molecular complexity index is 534. The molecule has 2 aromatic rings. The number of aryl methyl sites for hydroxylation is 2. The molecule has 0 amide bonds. The van der Waals surface area contributed by atoms with Gasteiger partial charge in [0.1, 0.15) is 11.6 Å². The maximum atomic E-state index is 5.70. The molecule has 0 bridgehead atoms. The van der Waals surface area contributed by atoms with E-state index in [0.29, 0.717) is 0 Å². The maximum Gasteiger partial charge on any atom is 0.121 e. The number of benzene rings is 1. The standard InChI is InChI=1S/C14H20N2OS/c1-4-16-13-6-5-11(17-10(2)3)9-12(13)15-14(16)7-8-18/h5-6,9-10,18H,4,7-8H2,1-3H3. The fraction of sp³-hybridized carbons (Fsp3) is 0.500. The molecule has 18 heavy (non-hydrogen) atoms. The fourth-order valence-electron chi connectivity index (χ4n) is 2.15. The molecule has 0 aliphatic heterocycles. The second kappa shape index (κ2) is 5.65. The van der Waals surface area contributed by atoms with Crippen LogP contribution < -0.4 is 4.74 Å². The highest BCUT2D eigenvalue weighted by Crippen LogP contribution is 2.23. The number of hydrogen-bond acceptors (Lipinski definition) is 3. The quantitative estimate of drug-likeness (QED) is 0.839. The van der Waals surface area contributed by atoms with E-state index in [0.717, 1.165) is 35.8 Å². The Balaban J connectivity index is 2.44. The Labute approximate surface area is 114 Å². The van der Waals surface area contributed by atoms with E-state index in [1.807, 2.05) is 26.0 Å². The molecule has 0 N–H and O–H groups in total. The highest BCUT2D eigenvalue weighted by atomic mass is 32.1. The lowest BCUT2D eigenvalue weighted by molar-refractivity contribution is 0.242. The number of rotatable bonds is 5. The molecule has 0 aliphatic carbocycles. The summed E-state index contributed by atoms with van der Waals surface area (Å²) in [6.45, 7) is 7.13. The van der Waals surface area contributed by atoms with Crippen molar-refractivity contribution in [3.63, 3.8) is 0 Å². The van der Waals surface area contributed by atoms with Gasteiger partial charge in [-0.2, -0.15) is 12.6 Å². The number of aromatic nitrogens is 2. The SMILES string of the molecule is CCn1c(CCS)nc2cc(OC(C)C)ccc21. The highest BCUT2D eigenvalue weighted by molar-refractivity contribution is 7.80. The molecule has 3 nitrogen and oxygen atoms in total. The zero-order valence-corrected chi connectivity index (χ0v) is 12.1. The largest absolute Gasteiger partial charge is 0.491 e. The van der Waals surface area contributed by atoms with Crippen LogP contribution in [0, 0.1) is 0 Å². The summed E-state index contributed by atoms with van der Waals surface area (Å²) in [7, 11) is 0. The first-order valence-corrected chi connectivity index (χ1v) is 7.05. The zero-order chi connectivity index (χ0) is 13.1. The van der Waals surface area contributed by atoms with Crippen LogP contribution in [0.25, 0.3) is 11.0 Å². The molecular weight excluding hydrogens is 244 g/mol. The van der Waals surface area contributed by atoms with Crippen LogP contribution in [0.4, 0.5) is 0 Å². The van der Waals surface area contributed by atoms with Crippen molar-refractivity contribution in [1.82, 2.24) is 9.55 Å². The van der Waals surface area contributed by atoms with Crippen LogP contribution in [0.1, 0.15) is 26.6 Å². The van der Waals surface area contributed by atoms with Gasteiger partial charge in [-0.05, 0) is 38.7 Å². The minimum absolute atomic E-state index is 0.188. The first-order valence-electron chi connectivity index (χ1n) is 6.42. The van der Waals surface area contributed by atoms with Crippen molar-refractivity contribution in [1.29, 1.82) is 0 Å². The molecular formula is C14H20N2OS. The number of ether oxygens (including phenoxy) is 1. The molecule has 0 saturated carbocycles. The van der Waals surface area contributed by atoms with Crippen molar-refractivity contribution in [2.45, 2.75) is 39.8 Å². The average Bonchev–Trinajstić information content (AvgIpc) is 2.65. The lowest BCUT2D eigenvalue weighted by Crippen LogP contribution is -2.05. The molecule has 2 rings (SSSR count).